The largest absolute Gasteiger partial charge is 1.00 e. The van der Waals surface area contributed by atoms with Crippen molar-refractivity contribution in [2.75, 3.05) is 0 Å². The first-order valence-corrected chi connectivity index (χ1v) is 5.35. The van der Waals surface area contributed by atoms with Gasteiger partial charge >= 0.3 is 58.4 Å². The van der Waals surface area contributed by atoms with Crippen LogP contribution in [0.1, 0.15) is 5.56 Å². The Hall–Kier alpha value is -0.0687. The summed E-state index contributed by atoms with van der Waals surface area (Å²) in [5.41, 5.74) is 1.24. The smallest absolute Gasteiger partial charge is 0.445 e. The molecule has 2 aromatic rings. The zero-order valence-electron chi connectivity index (χ0n) is 10.3. The predicted molar refractivity (Wildman–Crippen MR) is 65.3 cm³/mol. The monoisotopic (exact) mass is 274 g/mol. The van der Waals surface area contributed by atoms with E-state index in [2.05, 4.69) is 0 Å². The normalized spacial score (nSPS) is 10.9. The fraction of sp³-hybridized carbons (Fsp3) is 0.0769. The first kappa shape index (κ1) is 16.0. The second kappa shape index (κ2) is 6.39. The van der Waals surface area contributed by atoms with E-state index in [0.29, 0.717) is 11.1 Å². The summed E-state index contributed by atoms with van der Waals surface area (Å²) in [5.74, 6) is 0. The number of halogens is 3. The van der Waals surface area contributed by atoms with Crippen LogP contribution in [0.25, 0.3) is 11.1 Å². The molecule has 88 valence electrons. The second-order valence-corrected chi connectivity index (χ2v) is 3.96. The minimum absolute atomic E-state index is 0. The Labute approximate surface area is 147 Å². The minimum atomic E-state index is -4.95. The Bertz CT molecular complexity index is 524. The molecule has 0 saturated carbocycles. The van der Waals surface area contributed by atoms with Gasteiger partial charge in [0.15, 0.2) is 0 Å². The molecule has 0 saturated heterocycles. The van der Waals surface area contributed by atoms with Crippen molar-refractivity contribution in [1.29, 1.82) is 0 Å². The van der Waals surface area contributed by atoms with Gasteiger partial charge < -0.3 is 12.9 Å². The van der Waals surface area contributed by atoms with Gasteiger partial charge in [-0.05, 0) is 18.1 Å². The summed E-state index contributed by atoms with van der Waals surface area (Å²) in [5, 5.41) is 0. The van der Waals surface area contributed by atoms with Crippen LogP contribution in [0.4, 0.5) is 12.9 Å². The summed E-state index contributed by atoms with van der Waals surface area (Å²) in [6.45, 7) is -3.43. The predicted octanol–water partition coefficient (Wildman–Crippen LogP) is 0.720. The molecule has 2 rings (SSSR count). The minimum Gasteiger partial charge on any atom is -0.445 e. The van der Waals surface area contributed by atoms with Crippen molar-refractivity contribution < 1.29 is 64.3 Å². The van der Waals surface area contributed by atoms with Crippen LogP contribution in [-0.2, 0) is 0 Å². The zero-order valence-corrected chi connectivity index (χ0v) is 13.5. The van der Waals surface area contributed by atoms with Crippen LogP contribution < -0.4 is 56.8 Å². The molecule has 5 heteroatoms. The molecule has 0 radical (unpaired) electrons. The number of rotatable bonds is 2. The third-order valence-corrected chi connectivity index (χ3v) is 2.81. The molecule has 0 aliphatic rings. The van der Waals surface area contributed by atoms with Crippen LogP contribution in [0.3, 0.4) is 0 Å². The molecule has 0 fully saturated rings. The standard InChI is InChI=1S/C13H11BF3.K/c1-10-12(11-6-3-2-4-7-11)8-5-9-13(10)14(15,16)17;/h2-9H,1H3;/q-1;+1. The Morgan fingerprint density at radius 2 is 1.44 bits per heavy atom. The quantitative estimate of drug-likeness (QED) is 0.708. The van der Waals surface area contributed by atoms with E-state index < -0.39 is 12.4 Å². The van der Waals surface area contributed by atoms with Crippen LogP contribution in [0.2, 0.25) is 0 Å². The van der Waals surface area contributed by atoms with Crippen molar-refractivity contribution in [3.8, 4) is 11.1 Å². The molecule has 2 aromatic carbocycles. The van der Waals surface area contributed by atoms with Gasteiger partial charge in [0, 0.05) is 0 Å². The van der Waals surface area contributed by atoms with Crippen molar-refractivity contribution >= 4 is 12.4 Å². The molecule has 0 amide bonds. The summed E-state index contributed by atoms with van der Waals surface area (Å²) in [6.07, 6.45) is 0. The molecule has 0 heterocycles. The van der Waals surface area contributed by atoms with Gasteiger partial charge in [0.1, 0.15) is 0 Å². The third-order valence-electron chi connectivity index (χ3n) is 2.81. The Balaban J connectivity index is 0.00000162. The Morgan fingerprint density at radius 3 is 2.00 bits per heavy atom. The third kappa shape index (κ3) is 3.48. The van der Waals surface area contributed by atoms with Gasteiger partial charge in [-0.2, -0.15) is 0 Å². The Kier molecular flexibility index (Phi) is 5.68. The summed E-state index contributed by atoms with van der Waals surface area (Å²) in [4.78, 5) is 0. The fourth-order valence-corrected chi connectivity index (χ4v) is 1.94. The van der Waals surface area contributed by atoms with E-state index in [1.54, 1.807) is 6.07 Å². The maximum atomic E-state index is 12.8. The summed E-state index contributed by atoms with van der Waals surface area (Å²) in [6, 6.07) is 13.4. The van der Waals surface area contributed by atoms with Crippen molar-refractivity contribution in [3.63, 3.8) is 0 Å². The van der Waals surface area contributed by atoms with Crippen molar-refractivity contribution in [1.82, 2.24) is 0 Å². The molecule has 0 bridgehead atoms. The summed E-state index contributed by atoms with van der Waals surface area (Å²) < 4.78 is 38.4. The molecule has 0 aliphatic carbocycles. The van der Waals surface area contributed by atoms with E-state index in [-0.39, 0.29) is 51.4 Å². The molecular weight excluding hydrogens is 263 g/mol. The van der Waals surface area contributed by atoms with Crippen LogP contribution in [-0.4, -0.2) is 6.98 Å². The van der Waals surface area contributed by atoms with Crippen LogP contribution in [0.5, 0.6) is 0 Å². The molecule has 0 aromatic heterocycles. The van der Waals surface area contributed by atoms with Crippen LogP contribution in [0.15, 0.2) is 48.5 Å². The second-order valence-electron chi connectivity index (χ2n) is 3.96. The number of benzene rings is 2. The molecule has 0 spiro atoms. The van der Waals surface area contributed by atoms with E-state index in [0.717, 1.165) is 11.6 Å². The van der Waals surface area contributed by atoms with E-state index >= 15 is 0 Å². The molecule has 0 atom stereocenters. The maximum absolute atomic E-state index is 12.8. The van der Waals surface area contributed by atoms with Gasteiger partial charge in [0.05, 0.1) is 0 Å². The van der Waals surface area contributed by atoms with Crippen molar-refractivity contribution in [2.24, 2.45) is 0 Å². The van der Waals surface area contributed by atoms with Gasteiger partial charge in [0.2, 0.25) is 0 Å². The van der Waals surface area contributed by atoms with Gasteiger partial charge in [-0.15, -0.1) is 5.46 Å². The zero-order chi connectivity index (χ0) is 12.5. The van der Waals surface area contributed by atoms with Gasteiger partial charge in [-0.25, -0.2) is 0 Å². The van der Waals surface area contributed by atoms with Crippen LogP contribution >= 0.6 is 0 Å². The molecule has 0 nitrogen and oxygen atoms in total. The van der Waals surface area contributed by atoms with Gasteiger partial charge in [-0.3, -0.25) is 0 Å². The Morgan fingerprint density at radius 1 is 0.833 bits per heavy atom. The van der Waals surface area contributed by atoms with E-state index in [4.69, 9.17) is 0 Å². The number of hydrogen-bond donors (Lipinski definition) is 0. The summed E-state index contributed by atoms with van der Waals surface area (Å²) in [7, 11) is 0. The fourth-order valence-electron chi connectivity index (χ4n) is 1.94. The van der Waals surface area contributed by atoms with Crippen LogP contribution in [0, 0.1) is 6.92 Å². The maximum Gasteiger partial charge on any atom is 1.00 e. The molecular formula is C13H11BF3K. The van der Waals surface area contributed by atoms with Crippen molar-refractivity contribution in [2.45, 2.75) is 6.92 Å². The molecule has 18 heavy (non-hydrogen) atoms. The molecule has 0 aliphatic heterocycles. The summed E-state index contributed by atoms with van der Waals surface area (Å²) >= 11 is 0. The first-order valence-electron chi connectivity index (χ1n) is 5.35. The van der Waals surface area contributed by atoms with E-state index in [1.165, 1.54) is 13.0 Å². The van der Waals surface area contributed by atoms with E-state index in [9.17, 15) is 12.9 Å². The number of hydrogen-bond acceptors (Lipinski definition) is 0. The topological polar surface area (TPSA) is 0 Å². The molecule has 0 N–H and O–H groups in total. The molecule has 0 unspecified atom stereocenters. The first-order chi connectivity index (χ1) is 8.00. The van der Waals surface area contributed by atoms with Gasteiger partial charge in [-0.1, -0.05) is 54.1 Å². The average Bonchev–Trinajstić information content (AvgIpc) is 2.29. The van der Waals surface area contributed by atoms with Gasteiger partial charge in [0.25, 0.3) is 0 Å². The van der Waals surface area contributed by atoms with E-state index in [1.807, 2.05) is 30.3 Å². The van der Waals surface area contributed by atoms with Crippen molar-refractivity contribution in [3.05, 3.63) is 54.1 Å². The average molecular weight is 274 g/mol. The SMILES string of the molecule is Cc1c(-c2ccccc2)cccc1[B-](F)(F)F.[K+].